The average Bonchev–Trinajstić information content (AvgIpc) is 3.11. The molecule has 0 aliphatic heterocycles. The highest BCUT2D eigenvalue weighted by Gasteiger charge is 2.23. The van der Waals surface area contributed by atoms with E-state index in [4.69, 9.17) is 4.74 Å². The van der Waals surface area contributed by atoms with Crippen molar-refractivity contribution in [2.75, 3.05) is 0 Å². The van der Waals surface area contributed by atoms with E-state index in [0.29, 0.717) is 0 Å². The van der Waals surface area contributed by atoms with Gasteiger partial charge < -0.3 is 10.1 Å². The van der Waals surface area contributed by atoms with Crippen molar-refractivity contribution >= 4 is 11.9 Å². The lowest BCUT2D eigenvalue weighted by Crippen LogP contribution is -2.38. The molecule has 2 rings (SSSR count). The zero-order valence-corrected chi connectivity index (χ0v) is 15.6. The fourth-order valence-corrected chi connectivity index (χ4v) is 2.72. The molecule has 2 atom stereocenters. The lowest BCUT2D eigenvalue weighted by Gasteiger charge is -2.21. The van der Waals surface area contributed by atoms with Gasteiger partial charge in [-0.1, -0.05) is 57.0 Å². The second kappa shape index (κ2) is 9.75. The number of carbonyl (C=O) groups excluding carboxylic acids is 2. The number of amides is 1. The summed E-state index contributed by atoms with van der Waals surface area (Å²) in [4.78, 5) is 24.6. The van der Waals surface area contributed by atoms with Gasteiger partial charge in [-0.3, -0.25) is 9.89 Å². The van der Waals surface area contributed by atoms with E-state index in [1.807, 2.05) is 37.3 Å². The number of esters is 1. The Kier molecular flexibility index (Phi) is 7.38. The molecule has 1 amide bonds. The van der Waals surface area contributed by atoms with Gasteiger partial charge in [0, 0.05) is 5.69 Å². The number of benzene rings is 1. The molecule has 0 radical (unpaired) electrons. The largest absolute Gasteiger partial charge is 0.448 e. The van der Waals surface area contributed by atoms with Gasteiger partial charge in [-0.25, -0.2) is 4.79 Å². The number of hydrogen-bond acceptors (Lipinski definition) is 4. The molecule has 0 aliphatic rings. The van der Waals surface area contributed by atoms with E-state index >= 15 is 0 Å². The van der Waals surface area contributed by atoms with Gasteiger partial charge in [0.05, 0.1) is 6.04 Å². The molecule has 1 heterocycles. The van der Waals surface area contributed by atoms with Crippen LogP contribution in [0.25, 0.3) is 0 Å². The van der Waals surface area contributed by atoms with Crippen LogP contribution in [0, 0.1) is 0 Å². The van der Waals surface area contributed by atoms with Crippen molar-refractivity contribution < 1.29 is 14.3 Å². The Bertz CT molecular complexity index is 712. The Morgan fingerprint density at radius 3 is 2.58 bits per heavy atom. The van der Waals surface area contributed by atoms with E-state index in [1.54, 1.807) is 13.0 Å². The van der Waals surface area contributed by atoms with Crippen LogP contribution < -0.4 is 5.32 Å². The number of nitrogens with one attached hydrogen (secondary N) is 2. The number of rotatable bonds is 9. The molecule has 0 saturated heterocycles. The SMILES string of the molecule is CCCc1cc(C(=O)OC(C)C(=O)NC(CCC)c2ccccc2)n[nH]1. The molecule has 26 heavy (non-hydrogen) atoms. The highest BCUT2D eigenvalue weighted by molar-refractivity contribution is 5.90. The Balaban J connectivity index is 1.95. The Hall–Kier alpha value is -2.63. The topological polar surface area (TPSA) is 84.1 Å². The molecule has 6 heteroatoms. The number of ether oxygens (including phenoxy) is 1. The smallest absolute Gasteiger partial charge is 0.359 e. The summed E-state index contributed by atoms with van der Waals surface area (Å²) in [5.41, 5.74) is 2.11. The molecule has 0 aliphatic carbocycles. The zero-order chi connectivity index (χ0) is 18.9. The number of aromatic amines is 1. The van der Waals surface area contributed by atoms with Crippen LogP contribution in [-0.4, -0.2) is 28.2 Å². The van der Waals surface area contributed by atoms with Crippen LogP contribution in [0.1, 0.15) is 67.8 Å². The fourth-order valence-electron chi connectivity index (χ4n) is 2.72. The molecule has 0 fully saturated rings. The van der Waals surface area contributed by atoms with Gasteiger partial charge in [0.25, 0.3) is 5.91 Å². The first-order valence-electron chi connectivity index (χ1n) is 9.15. The number of aromatic nitrogens is 2. The monoisotopic (exact) mass is 357 g/mol. The van der Waals surface area contributed by atoms with Gasteiger partial charge >= 0.3 is 5.97 Å². The number of nitrogens with zero attached hydrogens (tertiary/aromatic N) is 1. The highest BCUT2D eigenvalue weighted by atomic mass is 16.5. The molecule has 2 unspecified atom stereocenters. The van der Waals surface area contributed by atoms with Gasteiger partial charge in [-0.15, -0.1) is 0 Å². The maximum atomic E-state index is 12.5. The third-order valence-corrected chi connectivity index (χ3v) is 4.11. The third-order valence-electron chi connectivity index (χ3n) is 4.11. The zero-order valence-electron chi connectivity index (χ0n) is 15.6. The number of hydrogen-bond donors (Lipinski definition) is 2. The maximum absolute atomic E-state index is 12.5. The first-order chi connectivity index (χ1) is 12.5. The molecular weight excluding hydrogens is 330 g/mol. The number of carbonyl (C=O) groups is 2. The summed E-state index contributed by atoms with van der Waals surface area (Å²) in [6, 6.07) is 11.4. The first-order valence-corrected chi connectivity index (χ1v) is 9.15. The minimum atomic E-state index is -0.892. The van der Waals surface area contributed by atoms with Crippen LogP contribution in [0.3, 0.4) is 0 Å². The Morgan fingerprint density at radius 2 is 1.92 bits per heavy atom. The summed E-state index contributed by atoms with van der Waals surface area (Å²) >= 11 is 0. The molecule has 1 aromatic heterocycles. The van der Waals surface area contributed by atoms with Gasteiger partial charge in [-0.05, 0) is 31.4 Å². The summed E-state index contributed by atoms with van der Waals surface area (Å²) in [6.45, 7) is 5.68. The summed E-state index contributed by atoms with van der Waals surface area (Å²) in [5.74, 6) is -0.914. The average molecular weight is 357 g/mol. The van der Waals surface area contributed by atoms with E-state index in [1.165, 1.54) is 0 Å². The Labute approximate surface area is 154 Å². The van der Waals surface area contributed by atoms with E-state index < -0.39 is 12.1 Å². The maximum Gasteiger partial charge on any atom is 0.359 e. The van der Waals surface area contributed by atoms with E-state index in [0.717, 1.165) is 36.9 Å². The minimum absolute atomic E-state index is 0.101. The third kappa shape index (κ3) is 5.44. The molecule has 6 nitrogen and oxygen atoms in total. The normalized spacial score (nSPS) is 13.0. The van der Waals surface area contributed by atoms with Gasteiger partial charge in [0.15, 0.2) is 11.8 Å². The lowest BCUT2D eigenvalue weighted by molar-refractivity contribution is -0.129. The molecule has 0 saturated carbocycles. The second-order valence-corrected chi connectivity index (χ2v) is 6.34. The predicted molar refractivity (Wildman–Crippen MR) is 99.7 cm³/mol. The van der Waals surface area contributed by atoms with Crippen molar-refractivity contribution in [3.63, 3.8) is 0 Å². The van der Waals surface area contributed by atoms with E-state index in [-0.39, 0.29) is 17.6 Å². The highest BCUT2D eigenvalue weighted by Crippen LogP contribution is 2.18. The minimum Gasteiger partial charge on any atom is -0.448 e. The molecule has 140 valence electrons. The summed E-state index contributed by atoms with van der Waals surface area (Å²) in [7, 11) is 0. The van der Waals surface area contributed by atoms with E-state index in [2.05, 4.69) is 22.4 Å². The van der Waals surface area contributed by atoms with Crippen LogP contribution in [0.2, 0.25) is 0 Å². The van der Waals surface area contributed by atoms with Gasteiger partial charge in [0.2, 0.25) is 0 Å². The first kappa shape index (κ1) is 19.7. The van der Waals surface area contributed by atoms with Crippen molar-refractivity contribution in [1.82, 2.24) is 15.5 Å². The quantitative estimate of drug-likeness (QED) is 0.672. The Morgan fingerprint density at radius 1 is 1.19 bits per heavy atom. The van der Waals surface area contributed by atoms with Crippen LogP contribution in [0.15, 0.2) is 36.4 Å². The molecular formula is C20H27N3O3. The van der Waals surface area contributed by atoms with Crippen LogP contribution >= 0.6 is 0 Å². The van der Waals surface area contributed by atoms with E-state index in [9.17, 15) is 9.59 Å². The summed E-state index contributed by atoms with van der Waals surface area (Å²) in [6.07, 6.45) is 2.62. The molecule has 0 spiro atoms. The van der Waals surface area contributed by atoms with Crippen LogP contribution in [0.5, 0.6) is 0 Å². The van der Waals surface area contributed by atoms with Gasteiger partial charge in [0.1, 0.15) is 0 Å². The lowest BCUT2D eigenvalue weighted by atomic mass is 10.0. The van der Waals surface area contributed by atoms with Crippen molar-refractivity contribution in [2.45, 2.75) is 58.6 Å². The summed E-state index contributed by atoms with van der Waals surface area (Å²) < 4.78 is 5.27. The van der Waals surface area contributed by atoms with Crippen molar-refractivity contribution in [3.8, 4) is 0 Å². The summed E-state index contributed by atoms with van der Waals surface area (Å²) in [5, 5.41) is 9.73. The number of H-pyrrole nitrogens is 1. The van der Waals surface area contributed by atoms with Crippen molar-refractivity contribution in [2.24, 2.45) is 0 Å². The fraction of sp³-hybridized carbons (Fsp3) is 0.450. The standard InChI is InChI=1S/C20H27N3O3/c1-4-9-16-13-18(23-22-16)20(25)26-14(3)19(24)21-17(10-5-2)15-11-7-6-8-12-15/h6-8,11-14,17H,4-5,9-10H2,1-3H3,(H,21,24)(H,22,23). The molecule has 1 aromatic carbocycles. The molecule has 0 bridgehead atoms. The van der Waals surface area contributed by atoms with Crippen molar-refractivity contribution in [3.05, 3.63) is 53.3 Å². The van der Waals surface area contributed by atoms with Gasteiger partial charge in [-0.2, -0.15) is 5.10 Å². The predicted octanol–water partition coefficient (Wildman–Crippen LogP) is 3.57. The number of aryl methyl sites for hydroxylation is 1. The second-order valence-electron chi connectivity index (χ2n) is 6.34. The van der Waals surface area contributed by atoms with Crippen LogP contribution in [0.4, 0.5) is 0 Å². The van der Waals surface area contributed by atoms with Crippen molar-refractivity contribution in [1.29, 1.82) is 0 Å². The molecule has 2 N–H and O–H groups in total. The molecule has 2 aromatic rings. The van der Waals surface area contributed by atoms with Crippen LogP contribution in [-0.2, 0) is 16.0 Å².